The number of nitrogens with zero attached hydrogens (tertiary/aromatic N) is 5. The second-order valence-corrected chi connectivity index (χ2v) is 2.86. The van der Waals surface area contributed by atoms with Crippen molar-refractivity contribution >= 4 is 23.2 Å². The van der Waals surface area contributed by atoms with Gasteiger partial charge in [0.15, 0.2) is 11.0 Å². The third-order valence-corrected chi connectivity index (χ3v) is 1.76. The van der Waals surface area contributed by atoms with Gasteiger partial charge in [0, 0.05) is 12.4 Å². The number of hydrogen-bond donors (Lipinski definition) is 0. The van der Waals surface area contributed by atoms with Crippen LogP contribution in [0.2, 0.25) is 10.4 Å². The Kier molecular flexibility index (Phi) is 2.12. The molecule has 0 unspecified atom stereocenters. The van der Waals surface area contributed by atoms with E-state index in [0.717, 1.165) is 0 Å². The average molecular weight is 216 g/mol. The monoisotopic (exact) mass is 215 g/mol. The van der Waals surface area contributed by atoms with Crippen LogP contribution in [0.25, 0.3) is 5.82 Å². The van der Waals surface area contributed by atoms with Gasteiger partial charge in [0.25, 0.3) is 0 Å². The first-order valence-electron chi connectivity index (χ1n) is 3.31. The summed E-state index contributed by atoms with van der Waals surface area (Å²) in [6.45, 7) is 0. The van der Waals surface area contributed by atoms with Crippen molar-refractivity contribution in [2.45, 2.75) is 0 Å². The van der Waals surface area contributed by atoms with Crippen LogP contribution in [0.1, 0.15) is 0 Å². The molecule has 0 aliphatic carbocycles. The summed E-state index contributed by atoms with van der Waals surface area (Å²) in [5.41, 5.74) is 0. The topological polar surface area (TPSA) is 56.5 Å². The van der Waals surface area contributed by atoms with E-state index in [9.17, 15) is 0 Å². The van der Waals surface area contributed by atoms with Gasteiger partial charge in [-0.25, -0.2) is 4.98 Å². The highest BCUT2D eigenvalue weighted by atomic mass is 35.5. The van der Waals surface area contributed by atoms with Crippen LogP contribution in [0.4, 0.5) is 0 Å². The second kappa shape index (κ2) is 3.27. The van der Waals surface area contributed by atoms with Crippen LogP contribution in [-0.2, 0) is 0 Å². The maximum Gasteiger partial charge on any atom is 0.245 e. The fraction of sp³-hybridized carbons (Fsp3) is 0. The summed E-state index contributed by atoms with van der Waals surface area (Å²) in [7, 11) is 0. The van der Waals surface area contributed by atoms with E-state index in [0.29, 0.717) is 5.82 Å². The highest BCUT2D eigenvalue weighted by molar-refractivity contribution is 6.31. The maximum atomic E-state index is 5.74. The maximum absolute atomic E-state index is 5.74. The second-order valence-electron chi connectivity index (χ2n) is 2.17. The van der Waals surface area contributed by atoms with Gasteiger partial charge >= 0.3 is 0 Å². The van der Waals surface area contributed by atoms with Crippen molar-refractivity contribution in [3.63, 3.8) is 0 Å². The molecule has 0 bridgehead atoms. The smallest absolute Gasteiger partial charge is 0.245 e. The van der Waals surface area contributed by atoms with Crippen molar-refractivity contribution in [2.75, 3.05) is 0 Å². The van der Waals surface area contributed by atoms with Gasteiger partial charge in [-0.1, -0.05) is 11.6 Å². The van der Waals surface area contributed by atoms with Crippen LogP contribution in [0.3, 0.4) is 0 Å². The molecule has 66 valence electrons. The minimum atomic E-state index is 0.0492. The van der Waals surface area contributed by atoms with Gasteiger partial charge in [0.05, 0.1) is 0 Å². The fourth-order valence-electron chi connectivity index (χ4n) is 0.834. The predicted molar refractivity (Wildman–Crippen MR) is 47.0 cm³/mol. The Morgan fingerprint density at radius 1 is 1.23 bits per heavy atom. The van der Waals surface area contributed by atoms with Gasteiger partial charge < -0.3 is 0 Å². The Balaban J connectivity index is 2.57. The molecule has 5 nitrogen and oxygen atoms in total. The van der Waals surface area contributed by atoms with Crippen molar-refractivity contribution in [1.82, 2.24) is 24.7 Å². The molecule has 2 aromatic heterocycles. The molecular weight excluding hydrogens is 213 g/mol. The van der Waals surface area contributed by atoms with Gasteiger partial charge in [-0.15, -0.1) is 10.2 Å². The van der Waals surface area contributed by atoms with Crippen LogP contribution >= 0.6 is 23.2 Å². The van der Waals surface area contributed by atoms with E-state index in [1.807, 2.05) is 0 Å². The third-order valence-electron chi connectivity index (χ3n) is 1.35. The molecule has 0 N–H and O–H groups in total. The zero-order valence-corrected chi connectivity index (χ0v) is 7.74. The normalized spacial score (nSPS) is 10.3. The van der Waals surface area contributed by atoms with E-state index in [1.165, 1.54) is 0 Å². The third kappa shape index (κ3) is 1.61. The van der Waals surface area contributed by atoms with E-state index in [-0.39, 0.29) is 10.4 Å². The molecule has 0 fully saturated rings. The van der Waals surface area contributed by atoms with Gasteiger partial charge in [-0.3, -0.25) is 4.57 Å². The lowest BCUT2D eigenvalue weighted by Gasteiger charge is -2.00. The molecule has 13 heavy (non-hydrogen) atoms. The Hall–Kier alpha value is -1.20. The van der Waals surface area contributed by atoms with Gasteiger partial charge in [-0.05, 0) is 11.6 Å². The fourth-order valence-corrected chi connectivity index (χ4v) is 1.13. The SMILES string of the molecule is Clc1nnc(Cl)c(-n2ccnc2)n1. The zero-order valence-electron chi connectivity index (χ0n) is 6.22. The average Bonchev–Trinajstić information content (AvgIpc) is 2.61. The molecule has 7 heteroatoms. The zero-order chi connectivity index (χ0) is 9.26. The van der Waals surface area contributed by atoms with Crippen LogP contribution in [0.15, 0.2) is 18.7 Å². The van der Waals surface area contributed by atoms with Gasteiger partial charge in [0.2, 0.25) is 5.28 Å². The number of rotatable bonds is 1. The van der Waals surface area contributed by atoms with Crippen molar-refractivity contribution in [3.05, 3.63) is 29.2 Å². The molecule has 0 saturated heterocycles. The molecule has 0 atom stereocenters. The first kappa shape index (κ1) is 8.40. The summed E-state index contributed by atoms with van der Waals surface area (Å²) in [4.78, 5) is 7.74. The Morgan fingerprint density at radius 3 is 2.77 bits per heavy atom. The predicted octanol–water partition coefficient (Wildman–Crippen LogP) is 1.36. The lowest BCUT2D eigenvalue weighted by Crippen LogP contribution is -1.99. The quantitative estimate of drug-likeness (QED) is 0.722. The molecule has 0 radical (unpaired) electrons. The summed E-state index contributed by atoms with van der Waals surface area (Å²) in [5.74, 6) is 0.416. The molecule has 0 aliphatic heterocycles. The number of hydrogen-bond acceptors (Lipinski definition) is 4. The number of aromatic nitrogens is 5. The largest absolute Gasteiger partial charge is 0.288 e. The highest BCUT2D eigenvalue weighted by Crippen LogP contribution is 2.14. The molecule has 0 amide bonds. The summed E-state index contributed by atoms with van der Waals surface area (Å²) in [6, 6.07) is 0. The minimum absolute atomic E-state index is 0.0492. The summed E-state index contributed by atoms with van der Waals surface area (Å²) in [6.07, 6.45) is 4.84. The van der Waals surface area contributed by atoms with E-state index in [2.05, 4.69) is 20.2 Å². The standard InChI is InChI=1S/C6H3Cl2N5/c7-4-5(10-6(8)12-11-4)13-2-1-9-3-13/h1-3H. The van der Waals surface area contributed by atoms with Crippen molar-refractivity contribution < 1.29 is 0 Å². The minimum Gasteiger partial charge on any atom is -0.288 e. The molecule has 0 aliphatic rings. The van der Waals surface area contributed by atoms with Crippen molar-refractivity contribution in [3.8, 4) is 5.82 Å². The van der Waals surface area contributed by atoms with E-state index < -0.39 is 0 Å². The molecule has 0 spiro atoms. The van der Waals surface area contributed by atoms with E-state index in [1.54, 1.807) is 23.3 Å². The van der Waals surface area contributed by atoms with Crippen molar-refractivity contribution in [1.29, 1.82) is 0 Å². The molecular formula is C6H3Cl2N5. The number of halogens is 2. The van der Waals surface area contributed by atoms with Crippen LogP contribution in [-0.4, -0.2) is 24.7 Å². The highest BCUT2D eigenvalue weighted by Gasteiger charge is 2.06. The molecule has 0 aromatic carbocycles. The van der Waals surface area contributed by atoms with Crippen molar-refractivity contribution in [2.24, 2.45) is 0 Å². The Bertz CT molecular complexity index is 413. The van der Waals surface area contributed by atoms with E-state index in [4.69, 9.17) is 23.2 Å². The first-order valence-corrected chi connectivity index (χ1v) is 4.07. The van der Waals surface area contributed by atoms with E-state index >= 15 is 0 Å². The van der Waals surface area contributed by atoms with Crippen LogP contribution in [0.5, 0.6) is 0 Å². The summed E-state index contributed by atoms with van der Waals surface area (Å²) >= 11 is 11.3. The van der Waals surface area contributed by atoms with Crippen LogP contribution in [0, 0.1) is 0 Å². The van der Waals surface area contributed by atoms with Crippen LogP contribution < -0.4 is 0 Å². The lowest BCUT2D eigenvalue weighted by molar-refractivity contribution is 0.898. The van der Waals surface area contributed by atoms with Gasteiger partial charge in [0.1, 0.15) is 6.33 Å². The van der Waals surface area contributed by atoms with Gasteiger partial charge in [-0.2, -0.15) is 4.98 Å². The molecule has 2 rings (SSSR count). The molecule has 2 heterocycles. The Labute approximate surface area is 83.4 Å². The molecule has 2 aromatic rings. The Morgan fingerprint density at radius 2 is 2.08 bits per heavy atom. The molecule has 0 saturated carbocycles. The first-order chi connectivity index (χ1) is 6.27. The summed E-state index contributed by atoms with van der Waals surface area (Å²) < 4.78 is 1.60. The lowest BCUT2D eigenvalue weighted by atomic mass is 10.7. The number of imidazole rings is 1. The summed E-state index contributed by atoms with van der Waals surface area (Å²) in [5, 5.41) is 7.33.